The Hall–Kier alpha value is -1.90. The van der Waals surface area contributed by atoms with Crippen LogP contribution in [0.2, 0.25) is 9.45 Å². The number of hydrogen-bond donors (Lipinski definition) is 1. The molecule has 0 unspecified atom stereocenters. The molecule has 1 aliphatic heterocycles. The summed E-state index contributed by atoms with van der Waals surface area (Å²) in [6.45, 7) is 6.72. The van der Waals surface area contributed by atoms with Crippen molar-refractivity contribution >= 4 is 5.91 Å². The van der Waals surface area contributed by atoms with Gasteiger partial charge in [-0.25, -0.2) is 0 Å². The predicted octanol–water partition coefficient (Wildman–Crippen LogP) is 9.07. The number of amides is 1. The molecule has 5 rings (SSSR count). The summed E-state index contributed by atoms with van der Waals surface area (Å²) in [6.07, 6.45) is 17.4. The van der Waals surface area contributed by atoms with Crippen LogP contribution < -0.4 is 3.80 Å². The first-order chi connectivity index (χ1) is 17.2. The van der Waals surface area contributed by atoms with Crippen LogP contribution in [0.15, 0.2) is 73.8 Å². The first-order valence-corrected chi connectivity index (χ1v) is 17.8. The molecule has 0 bridgehead atoms. The molecular weight excluding hydrogens is 462 g/mol. The molecule has 35 heavy (non-hydrogen) atoms. The van der Waals surface area contributed by atoms with Gasteiger partial charge in [0.25, 0.3) is 0 Å². The molecule has 0 aromatic heterocycles. The van der Waals surface area contributed by atoms with Crippen molar-refractivity contribution < 1.29 is 21.6 Å². The van der Waals surface area contributed by atoms with Crippen LogP contribution in [0.1, 0.15) is 86.0 Å². The average molecular weight is 506 g/mol. The van der Waals surface area contributed by atoms with E-state index in [-0.39, 0.29) is 5.92 Å². The van der Waals surface area contributed by atoms with Gasteiger partial charge >= 0.3 is 192 Å². The predicted molar refractivity (Wildman–Crippen MR) is 146 cm³/mol. The minimum absolute atomic E-state index is 0.245. The van der Waals surface area contributed by atoms with Crippen molar-refractivity contribution in [3.63, 3.8) is 0 Å². The first-order valence-electron chi connectivity index (χ1n) is 13.9. The van der Waals surface area contributed by atoms with E-state index in [9.17, 15) is 4.79 Å². The summed E-state index contributed by atoms with van der Waals surface area (Å²) in [5.41, 5.74) is 5.78. The summed E-state index contributed by atoms with van der Waals surface area (Å²) < 4.78 is 6.88. The van der Waals surface area contributed by atoms with Crippen LogP contribution in [-0.4, -0.2) is 5.91 Å². The van der Waals surface area contributed by atoms with Gasteiger partial charge in [-0.15, -0.1) is 0 Å². The van der Waals surface area contributed by atoms with Gasteiger partial charge in [0.1, 0.15) is 0 Å². The molecule has 1 amide bonds. The van der Waals surface area contributed by atoms with Crippen molar-refractivity contribution in [2.45, 2.75) is 84.3 Å². The van der Waals surface area contributed by atoms with Crippen molar-refractivity contribution in [2.75, 3.05) is 0 Å². The van der Waals surface area contributed by atoms with Gasteiger partial charge < -0.3 is 0 Å². The average Bonchev–Trinajstić information content (AvgIpc) is 3.56. The molecule has 3 aliphatic rings. The zero-order chi connectivity index (χ0) is 24.5. The van der Waals surface area contributed by atoms with E-state index in [0.29, 0.717) is 10.1 Å². The Bertz CT molecular complexity index is 945. The molecule has 2 aromatic carbocycles. The number of carbonyl (C=O) groups excluding carboxylic acids is 1. The molecule has 2 aromatic rings. The number of fused-ring (bicyclic) bond motifs is 3. The number of benzene rings is 2. The Balaban J connectivity index is 0.000000672. The van der Waals surface area contributed by atoms with E-state index in [0.717, 1.165) is 12.8 Å². The Morgan fingerprint density at radius 1 is 0.714 bits per heavy atom. The summed E-state index contributed by atoms with van der Waals surface area (Å²) in [5.74, 6) is 0.658. The molecular formula is C32H43NOTi. The van der Waals surface area contributed by atoms with Gasteiger partial charge in [0.15, 0.2) is 0 Å². The molecule has 186 valence electrons. The van der Waals surface area contributed by atoms with Crippen LogP contribution in [0.3, 0.4) is 0 Å². The van der Waals surface area contributed by atoms with E-state index < -0.39 is 16.8 Å². The van der Waals surface area contributed by atoms with Crippen molar-refractivity contribution in [3.05, 3.63) is 85.0 Å². The fourth-order valence-electron chi connectivity index (χ4n) is 6.14. The molecule has 2 nitrogen and oxygen atoms in total. The molecule has 1 saturated carbocycles. The van der Waals surface area contributed by atoms with Crippen LogP contribution in [0.4, 0.5) is 0 Å². The minimum atomic E-state index is -2.45. The molecule has 0 atom stereocenters. The number of allylic oxidation sites excluding steroid dienone is 2. The second-order valence-corrected chi connectivity index (χ2v) is 17.1. The molecule has 0 radical (unpaired) electrons. The quantitative estimate of drug-likeness (QED) is 0.326. The number of rotatable bonds is 4. The van der Waals surface area contributed by atoms with Crippen LogP contribution in [0.25, 0.3) is 11.1 Å². The summed E-state index contributed by atoms with van der Waals surface area (Å²) in [7, 11) is 0. The monoisotopic (exact) mass is 505 g/mol. The fourth-order valence-corrected chi connectivity index (χ4v) is 13.5. The van der Waals surface area contributed by atoms with E-state index in [1.165, 1.54) is 89.5 Å². The van der Waals surface area contributed by atoms with Gasteiger partial charge in [-0.3, -0.25) is 0 Å². The molecule has 2 fully saturated rings. The van der Waals surface area contributed by atoms with Crippen molar-refractivity contribution in [3.8, 4) is 11.1 Å². The zero-order valence-corrected chi connectivity index (χ0v) is 23.0. The van der Waals surface area contributed by atoms with Gasteiger partial charge in [-0.05, 0) is 0 Å². The summed E-state index contributed by atoms with van der Waals surface area (Å²) in [4.78, 5) is 13.6. The summed E-state index contributed by atoms with van der Waals surface area (Å²) in [5, 5.41) is 0. The van der Waals surface area contributed by atoms with Crippen LogP contribution in [-0.2, 0) is 21.6 Å². The second kappa shape index (κ2) is 12.9. The fraction of sp³-hybridized carbons (Fsp3) is 0.469. The van der Waals surface area contributed by atoms with Crippen molar-refractivity contribution in [1.29, 1.82) is 0 Å². The number of carbonyl (C=O) groups is 1. The number of nitrogens with one attached hydrogen (secondary N) is 1. The third-order valence-electron chi connectivity index (χ3n) is 8.19. The van der Waals surface area contributed by atoms with E-state index in [4.69, 9.17) is 0 Å². The van der Waals surface area contributed by atoms with Crippen molar-refractivity contribution in [2.24, 2.45) is 5.92 Å². The van der Waals surface area contributed by atoms with Crippen LogP contribution in [0.5, 0.6) is 0 Å². The van der Waals surface area contributed by atoms with E-state index >= 15 is 0 Å². The normalized spacial score (nSPS) is 20.0. The SMILES string of the molecule is C=CC=C.O=C([NH][Ti]1([CH]2c3ccccc3-c3ccccc32)[CH2][CH2]1)C1CCCCCCCCCCC1. The van der Waals surface area contributed by atoms with Crippen molar-refractivity contribution in [1.82, 2.24) is 3.80 Å². The number of hydrogen-bond acceptors (Lipinski definition) is 1. The summed E-state index contributed by atoms with van der Waals surface area (Å²) >= 11 is -2.45. The molecule has 2 aliphatic carbocycles. The van der Waals surface area contributed by atoms with E-state index in [2.05, 4.69) is 65.5 Å². The molecule has 1 heterocycles. The molecule has 0 spiro atoms. The maximum atomic E-state index is 13.6. The third-order valence-corrected chi connectivity index (χ3v) is 14.5. The van der Waals surface area contributed by atoms with E-state index in [1.54, 1.807) is 12.2 Å². The Kier molecular flexibility index (Phi) is 9.63. The van der Waals surface area contributed by atoms with Gasteiger partial charge in [0.2, 0.25) is 0 Å². The standard InChI is InChI=1S/C13H25NO.C13H9.C4H6.C2H4.Ti/c14-13(15)12-10-8-6-4-2-1-3-5-7-9-11-12;1-3-7-12-10(5-1)9-11-6-2-4-8-13(11)12;1-3-4-2;1-2;/h12H,1-11H2,(H2,14,15);1-9H;3-4H,1-2H2;1-2H2;/q;;;;+1/p-1. The summed E-state index contributed by atoms with van der Waals surface area (Å²) in [6, 6.07) is 17.9. The Morgan fingerprint density at radius 2 is 1.14 bits per heavy atom. The topological polar surface area (TPSA) is 29.1 Å². The second-order valence-electron chi connectivity index (χ2n) is 10.7. The van der Waals surface area contributed by atoms with Gasteiger partial charge in [-0.2, -0.15) is 0 Å². The van der Waals surface area contributed by atoms with Crippen LogP contribution >= 0.6 is 0 Å². The third kappa shape index (κ3) is 6.46. The molecule has 1 saturated heterocycles. The maximum absolute atomic E-state index is 13.6. The Morgan fingerprint density at radius 3 is 1.57 bits per heavy atom. The first kappa shape index (κ1) is 26.2. The van der Waals surface area contributed by atoms with Gasteiger partial charge in [-0.1, -0.05) is 25.3 Å². The Labute approximate surface area is 217 Å². The molecule has 1 N–H and O–H groups in total. The zero-order valence-electron chi connectivity index (χ0n) is 21.4. The van der Waals surface area contributed by atoms with Gasteiger partial charge in [0, 0.05) is 0 Å². The van der Waals surface area contributed by atoms with E-state index in [1.807, 2.05) is 0 Å². The molecule has 3 heteroatoms. The van der Waals surface area contributed by atoms with Crippen LogP contribution in [0, 0.1) is 5.92 Å². The van der Waals surface area contributed by atoms with Gasteiger partial charge in [0.05, 0.1) is 0 Å².